The second kappa shape index (κ2) is 5.27. The Hall–Kier alpha value is -1.75. The lowest BCUT2D eigenvalue weighted by atomic mass is 10.1. The van der Waals surface area contributed by atoms with Crippen molar-refractivity contribution in [1.82, 2.24) is 5.32 Å². The Morgan fingerprint density at radius 1 is 1.33 bits per heavy atom. The molecule has 1 fully saturated rings. The van der Waals surface area contributed by atoms with Gasteiger partial charge in [-0.2, -0.15) is 0 Å². The molecule has 1 aromatic rings. The summed E-state index contributed by atoms with van der Waals surface area (Å²) in [5, 5.41) is 6.00. The van der Waals surface area contributed by atoms with Crippen molar-refractivity contribution in [2.45, 2.75) is 13.8 Å². The molecule has 1 saturated heterocycles. The molecule has 0 aliphatic carbocycles. The molecule has 2 amide bonds. The molecule has 1 heterocycles. The smallest absolute Gasteiger partial charge is 0.250 e. The molecule has 0 aromatic heterocycles. The third-order valence-electron chi connectivity index (χ3n) is 2.37. The van der Waals surface area contributed by atoms with Crippen molar-refractivity contribution in [3.63, 3.8) is 0 Å². The standard InChI is InChI=1S/C13H14N2O2S/c1-8-3-9(2)5-10(4-8)14-11(16)6-13-15-12(17)7-18-13/h3-6H,7H2,1-2H3,(H,14,16)(H,15,17)/b13-6-. The van der Waals surface area contributed by atoms with Gasteiger partial charge in [0.05, 0.1) is 10.8 Å². The average Bonchev–Trinajstić information content (AvgIpc) is 2.61. The van der Waals surface area contributed by atoms with E-state index < -0.39 is 0 Å². The number of rotatable bonds is 2. The number of carbonyl (C=O) groups excluding carboxylic acids is 2. The van der Waals surface area contributed by atoms with Crippen LogP contribution in [-0.2, 0) is 9.59 Å². The maximum atomic E-state index is 11.7. The molecule has 5 heteroatoms. The van der Waals surface area contributed by atoms with Crippen molar-refractivity contribution in [1.29, 1.82) is 0 Å². The first-order chi connectivity index (χ1) is 8.52. The van der Waals surface area contributed by atoms with Crippen LogP contribution in [0.1, 0.15) is 11.1 Å². The van der Waals surface area contributed by atoms with Gasteiger partial charge in [-0.25, -0.2) is 0 Å². The fourth-order valence-corrected chi connectivity index (χ4v) is 2.51. The number of hydrogen-bond acceptors (Lipinski definition) is 3. The minimum atomic E-state index is -0.232. The highest BCUT2D eigenvalue weighted by molar-refractivity contribution is 8.04. The van der Waals surface area contributed by atoms with Crippen molar-refractivity contribution in [3.05, 3.63) is 40.4 Å². The minimum absolute atomic E-state index is 0.0644. The molecule has 0 unspecified atom stereocenters. The third kappa shape index (κ3) is 3.37. The minimum Gasteiger partial charge on any atom is -0.322 e. The van der Waals surface area contributed by atoms with Crippen LogP contribution in [0, 0.1) is 13.8 Å². The lowest BCUT2D eigenvalue weighted by Gasteiger charge is -2.05. The maximum Gasteiger partial charge on any atom is 0.250 e. The summed E-state index contributed by atoms with van der Waals surface area (Å²) in [5.74, 6) is 0.0815. The van der Waals surface area contributed by atoms with Crippen LogP contribution >= 0.6 is 11.8 Å². The Bertz CT molecular complexity index is 518. The molecule has 0 bridgehead atoms. The zero-order valence-corrected chi connectivity index (χ0v) is 11.1. The molecule has 1 aliphatic heterocycles. The molecule has 0 spiro atoms. The van der Waals surface area contributed by atoms with Crippen LogP contribution in [0.25, 0.3) is 0 Å². The van der Waals surface area contributed by atoms with E-state index in [0.717, 1.165) is 16.8 Å². The van der Waals surface area contributed by atoms with Gasteiger partial charge in [0.2, 0.25) is 5.91 Å². The van der Waals surface area contributed by atoms with E-state index in [4.69, 9.17) is 0 Å². The van der Waals surface area contributed by atoms with E-state index in [-0.39, 0.29) is 11.8 Å². The van der Waals surface area contributed by atoms with Crippen LogP contribution in [0.15, 0.2) is 29.3 Å². The molecule has 94 valence electrons. The number of benzene rings is 1. The fraction of sp³-hybridized carbons (Fsp3) is 0.231. The van der Waals surface area contributed by atoms with Gasteiger partial charge in [0, 0.05) is 11.8 Å². The number of anilines is 1. The van der Waals surface area contributed by atoms with Crippen molar-refractivity contribution < 1.29 is 9.59 Å². The van der Waals surface area contributed by atoms with Gasteiger partial charge in [0.25, 0.3) is 5.91 Å². The van der Waals surface area contributed by atoms with Gasteiger partial charge in [0.15, 0.2) is 0 Å². The fourth-order valence-electron chi connectivity index (χ4n) is 1.77. The Balaban J connectivity index is 2.05. The Morgan fingerprint density at radius 3 is 2.56 bits per heavy atom. The van der Waals surface area contributed by atoms with Gasteiger partial charge in [-0.15, -0.1) is 0 Å². The first-order valence-corrected chi connectivity index (χ1v) is 6.55. The van der Waals surface area contributed by atoms with Gasteiger partial charge >= 0.3 is 0 Å². The van der Waals surface area contributed by atoms with Crippen LogP contribution in [-0.4, -0.2) is 17.6 Å². The zero-order valence-electron chi connectivity index (χ0n) is 10.2. The first kappa shape index (κ1) is 12.7. The number of amides is 2. The highest BCUT2D eigenvalue weighted by atomic mass is 32.2. The van der Waals surface area contributed by atoms with Crippen molar-refractivity contribution in [2.24, 2.45) is 0 Å². The molecular weight excluding hydrogens is 248 g/mol. The second-order valence-corrected chi connectivity index (χ2v) is 5.23. The van der Waals surface area contributed by atoms with Crippen LogP contribution in [0.3, 0.4) is 0 Å². The van der Waals surface area contributed by atoms with Crippen molar-refractivity contribution in [3.8, 4) is 0 Å². The lowest BCUT2D eigenvalue weighted by Crippen LogP contribution is -2.16. The first-order valence-electron chi connectivity index (χ1n) is 5.56. The lowest BCUT2D eigenvalue weighted by molar-refractivity contribution is -0.117. The Morgan fingerprint density at radius 2 is 2.00 bits per heavy atom. The second-order valence-electron chi connectivity index (χ2n) is 4.21. The quantitative estimate of drug-likeness (QED) is 0.801. The predicted octanol–water partition coefficient (Wildman–Crippen LogP) is 1.95. The third-order valence-corrected chi connectivity index (χ3v) is 3.31. The Kier molecular flexibility index (Phi) is 3.72. The number of carbonyl (C=O) groups is 2. The van der Waals surface area contributed by atoms with E-state index in [0.29, 0.717) is 10.8 Å². The molecule has 18 heavy (non-hydrogen) atoms. The summed E-state index contributed by atoms with van der Waals surface area (Å²) in [6, 6.07) is 5.86. The number of thioether (sulfide) groups is 1. The summed E-state index contributed by atoms with van der Waals surface area (Å²) in [6.07, 6.45) is 1.41. The van der Waals surface area contributed by atoms with Crippen molar-refractivity contribution in [2.75, 3.05) is 11.1 Å². The molecule has 0 saturated carbocycles. The topological polar surface area (TPSA) is 58.2 Å². The van der Waals surface area contributed by atoms with E-state index in [2.05, 4.69) is 10.6 Å². The normalized spacial score (nSPS) is 16.8. The Labute approximate surface area is 110 Å². The van der Waals surface area contributed by atoms with E-state index in [1.165, 1.54) is 17.8 Å². The molecule has 2 rings (SSSR count). The van der Waals surface area contributed by atoms with E-state index in [1.807, 2.05) is 32.0 Å². The van der Waals surface area contributed by atoms with Crippen LogP contribution in [0.5, 0.6) is 0 Å². The van der Waals surface area contributed by atoms with Crippen LogP contribution < -0.4 is 10.6 Å². The van der Waals surface area contributed by atoms with E-state index >= 15 is 0 Å². The zero-order chi connectivity index (χ0) is 13.1. The highest BCUT2D eigenvalue weighted by Gasteiger charge is 2.15. The molecule has 0 radical (unpaired) electrons. The number of hydrogen-bond donors (Lipinski definition) is 2. The molecular formula is C13H14N2O2S. The van der Waals surface area contributed by atoms with Crippen LogP contribution in [0.2, 0.25) is 0 Å². The predicted molar refractivity (Wildman–Crippen MR) is 73.2 cm³/mol. The summed E-state index contributed by atoms with van der Waals surface area (Å²) < 4.78 is 0. The summed E-state index contributed by atoms with van der Waals surface area (Å²) in [4.78, 5) is 22.7. The summed E-state index contributed by atoms with van der Waals surface area (Å²) in [7, 11) is 0. The van der Waals surface area contributed by atoms with Crippen LogP contribution in [0.4, 0.5) is 5.69 Å². The largest absolute Gasteiger partial charge is 0.322 e. The number of aryl methyl sites for hydroxylation is 2. The monoisotopic (exact) mass is 262 g/mol. The number of nitrogens with one attached hydrogen (secondary N) is 2. The van der Waals surface area contributed by atoms with Gasteiger partial charge in [-0.3, -0.25) is 9.59 Å². The average molecular weight is 262 g/mol. The SMILES string of the molecule is Cc1cc(C)cc(NC(=O)/C=C2/NC(=O)CS2)c1. The molecule has 4 nitrogen and oxygen atoms in total. The summed E-state index contributed by atoms with van der Waals surface area (Å²) in [5.41, 5.74) is 2.96. The van der Waals surface area contributed by atoms with Gasteiger partial charge < -0.3 is 10.6 Å². The van der Waals surface area contributed by atoms with E-state index in [1.54, 1.807) is 0 Å². The molecule has 1 aromatic carbocycles. The van der Waals surface area contributed by atoms with Gasteiger partial charge in [-0.1, -0.05) is 17.8 Å². The summed E-state index contributed by atoms with van der Waals surface area (Å²) in [6.45, 7) is 3.96. The molecule has 0 atom stereocenters. The van der Waals surface area contributed by atoms with E-state index in [9.17, 15) is 9.59 Å². The highest BCUT2D eigenvalue weighted by Crippen LogP contribution is 2.19. The maximum absolute atomic E-state index is 11.7. The van der Waals surface area contributed by atoms with Gasteiger partial charge in [0.1, 0.15) is 0 Å². The van der Waals surface area contributed by atoms with Gasteiger partial charge in [-0.05, 0) is 37.1 Å². The summed E-state index contributed by atoms with van der Waals surface area (Å²) >= 11 is 1.34. The molecule has 2 N–H and O–H groups in total. The molecule has 1 aliphatic rings. The van der Waals surface area contributed by atoms with Crippen molar-refractivity contribution >= 4 is 29.3 Å².